The molecule has 0 radical (unpaired) electrons. The van der Waals surface area contributed by atoms with E-state index in [1.165, 1.54) is 16.6 Å². The Morgan fingerprint density at radius 1 is 1.05 bits per heavy atom. The quantitative estimate of drug-likeness (QED) is 0.675. The Morgan fingerprint density at radius 2 is 1.84 bits per heavy atom. The van der Waals surface area contributed by atoms with Crippen molar-refractivity contribution in [1.82, 2.24) is 9.55 Å². The smallest absolute Gasteiger partial charge is 0.0866 e. The molecule has 2 nitrogen and oxygen atoms in total. The van der Waals surface area contributed by atoms with Crippen LogP contribution in [0.15, 0.2) is 54.7 Å². The van der Waals surface area contributed by atoms with Crippen LogP contribution >= 0.6 is 0 Å². The summed E-state index contributed by atoms with van der Waals surface area (Å²) in [5, 5.41) is 1.28. The van der Waals surface area contributed by atoms with E-state index in [1.807, 2.05) is 18.3 Å². The standard InChI is InChI=1S/C17H18N2/c1-13(2)12-19-16-9-4-3-7-14(16)11-17(19)15-8-5-6-10-18-15/h3-11,13H,12H2,1-2H3. The fourth-order valence-corrected chi connectivity index (χ4v) is 2.50. The fraction of sp³-hybridized carbons (Fsp3) is 0.235. The Morgan fingerprint density at radius 3 is 2.58 bits per heavy atom. The van der Waals surface area contributed by atoms with Gasteiger partial charge in [-0.05, 0) is 30.2 Å². The first-order valence-electron chi connectivity index (χ1n) is 6.75. The molecular weight excluding hydrogens is 232 g/mol. The highest BCUT2D eigenvalue weighted by Crippen LogP contribution is 2.27. The van der Waals surface area contributed by atoms with Crippen molar-refractivity contribution in [2.45, 2.75) is 20.4 Å². The monoisotopic (exact) mass is 250 g/mol. The molecule has 2 heterocycles. The summed E-state index contributed by atoms with van der Waals surface area (Å²) in [7, 11) is 0. The third-order valence-corrected chi connectivity index (χ3v) is 3.29. The number of hydrogen-bond acceptors (Lipinski definition) is 1. The third kappa shape index (κ3) is 2.26. The minimum Gasteiger partial charge on any atom is -0.339 e. The van der Waals surface area contributed by atoms with Gasteiger partial charge in [0.15, 0.2) is 0 Å². The largest absolute Gasteiger partial charge is 0.339 e. The van der Waals surface area contributed by atoms with Gasteiger partial charge >= 0.3 is 0 Å². The van der Waals surface area contributed by atoms with Gasteiger partial charge in [0.25, 0.3) is 0 Å². The molecule has 0 saturated carbocycles. The van der Waals surface area contributed by atoms with E-state index >= 15 is 0 Å². The second kappa shape index (κ2) is 4.88. The fourth-order valence-electron chi connectivity index (χ4n) is 2.50. The summed E-state index contributed by atoms with van der Waals surface area (Å²) in [6, 6.07) is 16.8. The minimum absolute atomic E-state index is 0.610. The van der Waals surface area contributed by atoms with Crippen LogP contribution in [0.3, 0.4) is 0 Å². The number of aromatic nitrogens is 2. The summed E-state index contributed by atoms with van der Waals surface area (Å²) in [4.78, 5) is 4.49. The summed E-state index contributed by atoms with van der Waals surface area (Å²) in [6.45, 7) is 5.51. The van der Waals surface area contributed by atoms with Gasteiger partial charge in [-0.3, -0.25) is 4.98 Å². The zero-order valence-corrected chi connectivity index (χ0v) is 11.4. The minimum atomic E-state index is 0.610. The molecule has 0 aliphatic carbocycles. The van der Waals surface area contributed by atoms with Crippen LogP contribution in [-0.2, 0) is 6.54 Å². The molecular formula is C17H18N2. The van der Waals surface area contributed by atoms with Gasteiger partial charge in [-0.15, -0.1) is 0 Å². The molecule has 3 aromatic rings. The van der Waals surface area contributed by atoms with E-state index in [9.17, 15) is 0 Å². The van der Waals surface area contributed by atoms with Gasteiger partial charge in [0.2, 0.25) is 0 Å². The lowest BCUT2D eigenvalue weighted by atomic mass is 10.2. The van der Waals surface area contributed by atoms with Gasteiger partial charge in [0, 0.05) is 23.6 Å². The average molecular weight is 250 g/mol. The van der Waals surface area contributed by atoms with Crippen LogP contribution in [0.2, 0.25) is 0 Å². The van der Waals surface area contributed by atoms with Crippen LogP contribution in [0.5, 0.6) is 0 Å². The lowest BCUT2D eigenvalue weighted by molar-refractivity contribution is 0.538. The SMILES string of the molecule is CC(C)Cn1c(-c2ccccn2)cc2ccccc21. The Kier molecular flexibility index (Phi) is 3.08. The maximum Gasteiger partial charge on any atom is 0.0866 e. The molecule has 19 heavy (non-hydrogen) atoms. The topological polar surface area (TPSA) is 17.8 Å². The van der Waals surface area contributed by atoms with Crippen molar-refractivity contribution >= 4 is 10.9 Å². The van der Waals surface area contributed by atoms with Crippen molar-refractivity contribution in [1.29, 1.82) is 0 Å². The van der Waals surface area contributed by atoms with E-state index in [1.54, 1.807) is 0 Å². The van der Waals surface area contributed by atoms with Gasteiger partial charge in [-0.25, -0.2) is 0 Å². The van der Waals surface area contributed by atoms with Gasteiger partial charge in [0.1, 0.15) is 0 Å². The molecule has 3 rings (SSSR count). The molecule has 0 amide bonds. The number of hydrogen-bond donors (Lipinski definition) is 0. The maximum atomic E-state index is 4.49. The highest BCUT2D eigenvalue weighted by molar-refractivity contribution is 5.86. The van der Waals surface area contributed by atoms with Crippen molar-refractivity contribution in [3.05, 3.63) is 54.7 Å². The Hall–Kier alpha value is -2.09. The molecule has 0 bridgehead atoms. The molecule has 0 spiro atoms. The first-order valence-corrected chi connectivity index (χ1v) is 6.75. The van der Waals surface area contributed by atoms with Crippen LogP contribution in [0, 0.1) is 5.92 Å². The molecule has 0 atom stereocenters. The lowest BCUT2D eigenvalue weighted by Crippen LogP contribution is -2.06. The Balaban J connectivity index is 2.23. The highest BCUT2D eigenvalue weighted by Gasteiger charge is 2.11. The summed E-state index contributed by atoms with van der Waals surface area (Å²) < 4.78 is 2.38. The van der Waals surface area contributed by atoms with E-state index < -0.39 is 0 Å². The summed E-state index contributed by atoms with van der Waals surface area (Å²) in [5.74, 6) is 0.610. The van der Waals surface area contributed by atoms with Gasteiger partial charge in [-0.1, -0.05) is 38.1 Å². The number of fused-ring (bicyclic) bond motifs is 1. The average Bonchev–Trinajstić information content (AvgIpc) is 2.78. The maximum absolute atomic E-state index is 4.49. The zero-order valence-electron chi connectivity index (χ0n) is 11.4. The third-order valence-electron chi connectivity index (χ3n) is 3.29. The van der Waals surface area contributed by atoms with Crippen LogP contribution in [-0.4, -0.2) is 9.55 Å². The molecule has 1 aromatic carbocycles. The predicted molar refractivity (Wildman–Crippen MR) is 80.0 cm³/mol. The van der Waals surface area contributed by atoms with Crippen molar-refractivity contribution in [2.75, 3.05) is 0 Å². The van der Waals surface area contributed by atoms with Crippen LogP contribution in [0.4, 0.5) is 0 Å². The first-order chi connectivity index (χ1) is 9.25. The number of rotatable bonds is 3. The molecule has 0 saturated heterocycles. The number of pyridine rings is 1. The van der Waals surface area contributed by atoms with E-state index in [2.05, 4.69) is 59.8 Å². The second-order valence-corrected chi connectivity index (χ2v) is 5.31. The number of benzene rings is 1. The first kappa shape index (κ1) is 12.0. The van der Waals surface area contributed by atoms with Gasteiger partial charge < -0.3 is 4.57 Å². The summed E-state index contributed by atoms with van der Waals surface area (Å²) >= 11 is 0. The lowest BCUT2D eigenvalue weighted by Gasteiger charge is -2.12. The van der Waals surface area contributed by atoms with Crippen LogP contribution in [0.1, 0.15) is 13.8 Å². The molecule has 0 unspecified atom stereocenters. The van der Waals surface area contributed by atoms with Crippen molar-refractivity contribution in [3.8, 4) is 11.4 Å². The summed E-state index contributed by atoms with van der Waals surface area (Å²) in [5.41, 5.74) is 3.53. The normalized spacial score (nSPS) is 11.3. The van der Waals surface area contributed by atoms with Crippen molar-refractivity contribution in [2.24, 2.45) is 5.92 Å². The van der Waals surface area contributed by atoms with E-state index in [4.69, 9.17) is 0 Å². The van der Waals surface area contributed by atoms with Gasteiger partial charge in [-0.2, -0.15) is 0 Å². The zero-order chi connectivity index (χ0) is 13.2. The highest BCUT2D eigenvalue weighted by atomic mass is 15.0. The van der Waals surface area contributed by atoms with Crippen LogP contribution in [0.25, 0.3) is 22.3 Å². The number of para-hydroxylation sites is 1. The second-order valence-electron chi connectivity index (χ2n) is 5.31. The molecule has 0 N–H and O–H groups in total. The Bertz CT molecular complexity index is 681. The summed E-state index contributed by atoms with van der Waals surface area (Å²) in [6.07, 6.45) is 1.85. The van der Waals surface area contributed by atoms with E-state index in [0.29, 0.717) is 5.92 Å². The predicted octanol–water partition coefficient (Wildman–Crippen LogP) is 4.36. The van der Waals surface area contributed by atoms with E-state index in [0.717, 1.165) is 12.2 Å². The molecule has 0 fully saturated rings. The Labute approximate surface area is 113 Å². The van der Waals surface area contributed by atoms with Crippen molar-refractivity contribution in [3.63, 3.8) is 0 Å². The molecule has 2 aromatic heterocycles. The molecule has 96 valence electrons. The molecule has 2 heteroatoms. The van der Waals surface area contributed by atoms with Crippen molar-refractivity contribution < 1.29 is 0 Å². The van der Waals surface area contributed by atoms with Crippen LogP contribution < -0.4 is 0 Å². The van der Waals surface area contributed by atoms with Gasteiger partial charge in [0.05, 0.1) is 11.4 Å². The van der Waals surface area contributed by atoms with E-state index in [-0.39, 0.29) is 0 Å². The number of nitrogens with zero attached hydrogens (tertiary/aromatic N) is 2. The molecule has 0 aliphatic rings. The molecule has 0 aliphatic heterocycles.